The molecule has 0 spiro atoms. The van der Waals surface area contributed by atoms with Gasteiger partial charge >= 0.3 is 5.97 Å². The van der Waals surface area contributed by atoms with E-state index in [4.69, 9.17) is 9.84 Å². The van der Waals surface area contributed by atoms with Crippen LogP contribution in [0.1, 0.15) is 36.5 Å². The minimum absolute atomic E-state index is 0.136. The molecule has 0 amide bonds. The molecule has 0 aliphatic rings. The predicted molar refractivity (Wildman–Crippen MR) is 89.1 cm³/mol. The Balaban J connectivity index is 3.10. The third kappa shape index (κ3) is 4.70. The van der Waals surface area contributed by atoms with E-state index in [1.165, 1.54) is 0 Å². The van der Waals surface area contributed by atoms with Gasteiger partial charge in [-0.15, -0.1) is 0 Å². The Bertz CT molecular complexity index is 618. The fourth-order valence-electron chi connectivity index (χ4n) is 2.35. The van der Waals surface area contributed by atoms with Gasteiger partial charge in [-0.05, 0) is 56.4 Å². The highest BCUT2D eigenvalue weighted by atomic mass is 32.2. The van der Waals surface area contributed by atoms with Crippen LogP contribution in [0.4, 0.5) is 0 Å². The van der Waals surface area contributed by atoms with Crippen molar-refractivity contribution in [2.75, 3.05) is 13.4 Å². The van der Waals surface area contributed by atoms with Crippen molar-refractivity contribution in [3.8, 4) is 5.75 Å². The van der Waals surface area contributed by atoms with Crippen LogP contribution in [0.25, 0.3) is 0 Å². The van der Waals surface area contributed by atoms with Crippen molar-refractivity contribution < 1.29 is 18.8 Å². The summed E-state index contributed by atoms with van der Waals surface area (Å²) in [7, 11) is 0.585. The van der Waals surface area contributed by atoms with Gasteiger partial charge in [-0.3, -0.25) is 9.00 Å². The lowest BCUT2D eigenvalue weighted by Gasteiger charge is -2.16. The summed E-state index contributed by atoms with van der Waals surface area (Å²) < 4.78 is 17.4. The molecule has 1 rings (SSSR count). The van der Waals surface area contributed by atoms with E-state index >= 15 is 0 Å². The molecule has 0 heterocycles. The van der Waals surface area contributed by atoms with Gasteiger partial charge in [0, 0.05) is 17.6 Å². The highest BCUT2D eigenvalue weighted by molar-refractivity contribution is 7.84. The minimum Gasteiger partial charge on any atom is -0.496 e. The topological polar surface area (TPSA) is 63.6 Å². The molecular weight excluding hydrogens is 300 g/mol. The molecule has 0 fully saturated rings. The van der Waals surface area contributed by atoms with Gasteiger partial charge < -0.3 is 9.84 Å². The van der Waals surface area contributed by atoms with E-state index in [-0.39, 0.29) is 6.42 Å². The maximum atomic E-state index is 11.9. The molecule has 0 saturated carbocycles. The maximum Gasteiger partial charge on any atom is 0.303 e. The molecule has 0 saturated heterocycles. The number of carbonyl (C=O) groups is 1. The molecule has 122 valence electrons. The number of hydrogen-bond acceptors (Lipinski definition) is 3. The van der Waals surface area contributed by atoms with Crippen LogP contribution in [-0.4, -0.2) is 28.7 Å². The summed E-state index contributed by atoms with van der Waals surface area (Å²) in [5.41, 5.74) is 4.00. The van der Waals surface area contributed by atoms with Crippen molar-refractivity contribution >= 4 is 16.8 Å². The average Bonchev–Trinajstić information content (AvgIpc) is 2.45. The zero-order chi connectivity index (χ0) is 16.9. The Morgan fingerprint density at radius 2 is 1.95 bits per heavy atom. The highest BCUT2D eigenvalue weighted by Gasteiger charge is 2.14. The van der Waals surface area contributed by atoms with Crippen LogP contribution in [0.2, 0.25) is 0 Å². The van der Waals surface area contributed by atoms with E-state index in [0.29, 0.717) is 12.8 Å². The summed E-state index contributed by atoms with van der Waals surface area (Å²) in [6.07, 6.45) is 5.00. The standard InChI is InChI=1S/C17H24O4S/c1-11(7-9-16(18)19)6-8-14-10-15(22(5)20)12(2)13(3)17(14)21-4/h6,10H,7-9H2,1-5H3,(H,18,19)/b11-6+. The molecule has 1 aromatic carbocycles. The van der Waals surface area contributed by atoms with Gasteiger partial charge in [-0.2, -0.15) is 0 Å². The number of ether oxygens (including phenoxy) is 1. The first kappa shape index (κ1) is 18.4. The fourth-order valence-corrected chi connectivity index (χ4v) is 3.25. The lowest BCUT2D eigenvalue weighted by molar-refractivity contribution is -0.136. The molecule has 22 heavy (non-hydrogen) atoms. The van der Waals surface area contributed by atoms with Crippen molar-refractivity contribution in [2.24, 2.45) is 0 Å². The lowest BCUT2D eigenvalue weighted by atomic mass is 10.0. The van der Waals surface area contributed by atoms with E-state index < -0.39 is 16.8 Å². The second-order valence-electron chi connectivity index (χ2n) is 5.42. The number of aliphatic carboxylic acids is 1. The molecule has 5 heteroatoms. The number of hydrogen-bond donors (Lipinski definition) is 1. The second-order valence-corrected chi connectivity index (χ2v) is 6.77. The number of carboxylic acid groups (broad SMARTS) is 1. The van der Waals surface area contributed by atoms with Crippen molar-refractivity contribution in [3.05, 3.63) is 34.4 Å². The van der Waals surface area contributed by atoms with Crippen LogP contribution in [-0.2, 0) is 22.0 Å². The number of rotatable bonds is 7. The molecule has 0 aromatic heterocycles. The largest absolute Gasteiger partial charge is 0.496 e. The van der Waals surface area contributed by atoms with Gasteiger partial charge in [0.15, 0.2) is 0 Å². The zero-order valence-electron chi connectivity index (χ0n) is 13.9. The number of allylic oxidation sites excluding steroid dienone is 2. The number of methoxy groups -OCH3 is 1. The molecule has 1 unspecified atom stereocenters. The zero-order valence-corrected chi connectivity index (χ0v) is 14.7. The molecule has 0 aliphatic heterocycles. The first-order valence-electron chi connectivity index (χ1n) is 7.15. The Hall–Kier alpha value is -1.62. The molecule has 0 bridgehead atoms. The van der Waals surface area contributed by atoms with E-state index in [2.05, 4.69) is 0 Å². The van der Waals surface area contributed by atoms with Gasteiger partial charge in [-0.25, -0.2) is 0 Å². The third-order valence-corrected chi connectivity index (χ3v) is 4.83. The summed E-state index contributed by atoms with van der Waals surface area (Å²) in [6.45, 7) is 5.84. The first-order chi connectivity index (χ1) is 10.3. The van der Waals surface area contributed by atoms with Gasteiger partial charge in [0.05, 0.1) is 17.9 Å². The Morgan fingerprint density at radius 1 is 1.32 bits per heavy atom. The summed E-state index contributed by atoms with van der Waals surface area (Å²) in [6, 6.07) is 1.93. The van der Waals surface area contributed by atoms with Crippen LogP contribution in [0.5, 0.6) is 5.75 Å². The van der Waals surface area contributed by atoms with Crippen LogP contribution in [0, 0.1) is 13.8 Å². The molecule has 0 radical (unpaired) electrons. The molecule has 4 nitrogen and oxygen atoms in total. The van der Waals surface area contributed by atoms with E-state index in [1.54, 1.807) is 13.4 Å². The summed E-state index contributed by atoms with van der Waals surface area (Å²) in [5, 5.41) is 8.71. The van der Waals surface area contributed by atoms with Gasteiger partial charge in [-0.1, -0.05) is 11.6 Å². The fraction of sp³-hybridized carbons (Fsp3) is 0.471. The molecule has 1 N–H and O–H groups in total. The minimum atomic E-state index is -1.05. The summed E-state index contributed by atoms with van der Waals surface area (Å²) in [4.78, 5) is 11.4. The van der Waals surface area contributed by atoms with Crippen LogP contribution < -0.4 is 4.74 Å². The molecular formula is C17H24O4S. The summed E-state index contributed by atoms with van der Waals surface area (Å²) in [5.74, 6) is 0.0224. The van der Waals surface area contributed by atoms with Gasteiger partial charge in [0.2, 0.25) is 0 Å². The molecule has 1 aromatic rings. The Morgan fingerprint density at radius 3 is 2.45 bits per heavy atom. The van der Waals surface area contributed by atoms with E-state index in [9.17, 15) is 9.00 Å². The monoisotopic (exact) mass is 324 g/mol. The van der Waals surface area contributed by atoms with E-state index in [0.717, 1.165) is 32.9 Å². The Kier molecular flexibility index (Phi) is 6.81. The Labute approximate surface area is 134 Å². The predicted octanol–water partition coefficient (Wildman–Crippen LogP) is 3.40. The average molecular weight is 324 g/mol. The van der Waals surface area contributed by atoms with Crippen LogP contribution >= 0.6 is 0 Å². The number of benzene rings is 1. The van der Waals surface area contributed by atoms with Crippen molar-refractivity contribution in [1.29, 1.82) is 0 Å². The maximum absolute atomic E-state index is 11.9. The summed E-state index contributed by atoms with van der Waals surface area (Å²) >= 11 is 0. The smallest absolute Gasteiger partial charge is 0.303 e. The number of carboxylic acids is 1. The molecule has 0 aliphatic carbocycles. The second kappa shape index (κ2) is 8.13. The lowest BCUT2D eigenvalue weighted by Crippen LogP contribution is -2.02. The van der Waals surface area contributed by atoms with E-state index in [1.807, 2.05) is 32.9 Å². The van der Waals surface area contributed by atoms with Crippen LogP contribution in [0.3, 0.4) is 0 Å². The van der Waals surface area contributed by atoms with Crippen molar-refractivity contribution in [2.45, 2.75) is 44.9 Å². The van der Waals surface area contributed by atoms with Crippen molar-refractivity contribution in [3.63, 3.8) is 0 Å². The SMILES string of the molecule is COc1c(C/C=C(\C)CCC(=O)O)cc(S(C)=O)c(C)c1C. The molecule has 1 atom stereocenters. The van der Waals surface area contributed by atoms with Gasteiger partial charge in [0.1, 0.15) is 5.75 Å². The third-order valence-electron chi connectivity index (χ3n) is 3.79. The normalized spacial score (nSPS) is 13.0. The van der Waals surface area contributed by atoms with Crippen LogP contribution in [0.15, 0.2) is 22.6 Å². The quantitative estimate of drug-likeness (QED) is 0.781. The first-order valence-corrected chi connectivity index (χ1v) is 8.71. The van der Waals surface area contributed by atoms with Gasteiger partial charge in [0.25, 0.3) is 0 Å². The highest BCUT2D eigenvalue weighted by Crippen LogP contribution is 2.31. The van der Waals surface area contributed by atoms with Crippen molar-refractivity contribution in [1.82, 2.24) is 0 Å².